The van der Waals surface area contributed by atoms with Gasteiger partial charge in [-0.3, -0.25) is 14.5 Å². The second-order valence-electron chi connectivity index (χ2n) is 8.31. The van der Waals surface area contributed by atoms with Crippen LogP contribution >= 0.6 is 11.8 Å². The summed E-state index contributed by atoms with van der Waals surface area (Å²) < 4.78 is 0. The van der Waals surface area contributed by atoms with Gasteiger partial charge in [-0.2, -0.15) is 17.0 Å². The molecule has 2 aliphatic rings. The Morgan fingerprint density at radius 1 is 0.970 bits per heavy atom. The first-order valence-electron chi connectivity index (χ1n) is 11.4. The number of nitrogens with zero attached hydrogens (tertiary/aromatic N) is 4. The van der Waals surface area contributed by atoms with Crippen LogP contribution in [0.1, 0.15) is 22.3 Å². The molecule has 0 atom stereocenters. The van der Waals surface area contributed by atoms with Crippen LogP contribution in [0.5, 0.6) is 0 Å². The van der Waals surface area contributed by atoms with Crippen LogP contribution < -0.4 is 10.2 Å². The van der Waals surface area contributed by atoms with Crippen molar-refractivity contribution in [3.05, 3.63) is 59.7 Å². The Hall–Kier alpha value is -3.02. The normalized spacial score (nSPS) is 17.2. The molecule has 172 valence electrons. The molecular weight excluding hydrogens is 434 g/mol. The van der Waals surface area contributed by atoms with E-state index in [1.165, 1.54) is 0 Å². The van der Waals surface area contributed by atoms with E-state index in [0.717, 1.165) is 62.9 Å². The summed E-state index contributed by atoms with van der Waals surface area (Å²) in [6, 6.07) is 17.0. The SMILES string of the molecule is N#Cc1ccc(N2CCCN(CC(=O)Nc3cccc(C(=O)N4CCSCC4)c3)CC2)cc1. The van der Waals surface area contributed by atoms with Crippen molar-refractivity contribution in [2.45, 2.75) is 6.42 Å². The van der Waals surface area contributed by atoms with Gasteiger partial charge in [0, 0.05) is 67.7 Å². The van der Waals surface area contributed by atoms with Crippen LogP contribution in [0.25, 0.3) is 0 Å². The summed E-state index contributed by atoms with van der Waals surface area (Å²) in [4.78, 5) is 31.8. The zero-order chi connectivity index (χ0) is 23.0. The van der Waals surface area contributed by atoms with E-state index in [1.54, 1.807) is 6.07 Å². The van der Waals surface area contributed by atoms with Gasteiger partial charge in [-0.05, 0) is 48.9 Å². The molecule has 33 heavy (non-hydrogen) atoms. The standard InChI is InChI=1S/C25H29N5O2S/c26-18-20-5-7-23(8-6-20)29-10-2-9-28(11-12-29)19-24(31)27-22-4-1-3-21(17-22)25(32)30-13-15-33-16-14-30/h1,3-8,17H,2,9-16,19H2,(H,27,31). The lowest BCUT2D eigenvalue weighted by atomic mass is 10.1. The van der Waals surface area contributed by atoms with Gasteiger partial charge in [-0.15, -0.1) is 0 Å². The van der Waals surface area contributed by atoms with Crippen LogP contribution in [0, 0.1) is 11.3 Å². The maximum atomic E-state index is 12.8. The van der Waals surface area contributed by atoms with Crippen LogP contribution in [0.2, 0.25) is 0 Å². The van der Waals surface area contributed by atoms with Crippen LogP contribution in [0.3, 0.4) is 0 Å². The minimum Gasteiger partial charge on any atom is -0.370 e. The van der Waals surface area contributed by atoms with E-state index in [4.69, 9.17) is 5.26 Å². The number of thioether (sulfide) groups is 1. The van der Waals surface area contributed by atoms with Crippen LogP contribution in [-0.4, -0.2) is 78.9 Å². The fourth-order valence-corrected chi connectivity index (χ4v) is 5.12. The van der Waals surface area contributed by atoms with Crippen molar-refractivity contribution in [2.75, 3.05) is 67.5 Å². The summed E-state index contributed by atoms with van der Waals surface area (Å²) in [6.07, 6.45) is 0.964. The minimum atomic E-state index is -0.0687. The molecule has 0 spiro atoms. The number of anilines is 2. The number of carbonyl (C=O) groups excluding carboxylic acids is 2. The third kappa shape index (κ3) is 6.28. The van der Waals surface area contributed by atoms with E-state index in [1.807, 2.05) is 59.1 Å². The third-order valence-corrected chi connectivity index (χ3v) is 6.95. The number of hydrogen-bond donors (Lipinski definition) is 1. The Bertz CT molecular complexity index is 1010. The fraction of sp³-hybridized carbons (Fsp3) is 0.400. The molecule has 0 saturated carbocycles. The zero-order valence-corrected chi connectivity index (χ0v) is 19.5. The molecule has 2 aromatic carbocycles. The first kappa shape index (κ1) is 23.1. The molecule has 7 nitrogen and oxygen atoms in total. The van der Waals surface area contributed by atoms with Gasteiger partial charge < -0.3 is 15.1 Å². The van der Waals surface area contributed by atoms with E-state index in [9.17, 15) is 9.59 Å². The van der Waals surface area contributed by atoms with Gasteiger partial charge in [0.05, 0.1) is 18.2 Å². The fourth-order valence-electron chi connectivity index (χ4n) is 4.22. The highest BCUT2D eigenvalue weighted by atomic mass is 32.2. The number of benzene rings is 2. The lowest BCUT2D eigenvalue weighted by Gasteiger charge is -2.26. The minimum absolute atomic E-state index is 0.0295. The van der Waals surface area contributed by atoms with Crippen molar-refractivity contribution in [2.24, 2.45) is 0 Å². The smallest absolute Gasteiger partial charge is 0.253 e. The largest absolute Gasteiger partial charge is 0.370 e. The summed E-state index contributed by atoms with van der Waals surface area (Å²) in [5, 5.41) is 11.9. The maximum absolute atomic E-state index is 12.8. The molecule has 2 aliphatic heterocycles. The molecule has 0 aromatic heterocycles. The Morgan fingerprint density at radius 3 is 2.52 bits per heavy atom. The summed E-state index contributed by atoms with van der Waals surface area (Å²) in [5.41, 5.74) is 3.04. The van der Waals surface area contributed by atoms with E-state index in [-0.39, 0.29) is 11.8 Å². The van der Waals surface area contributed by atoms with Crippen molar-refractivity contribution in [1.82, 2.24) is 9.80 Å². The highest BCUT2D eigenvalue weighted by molar-refractivity contribution is 7.99. The average molecular weight is 464 g/mol. The molecule has 0 bridgehead atoms. The Balaban J connectivity index is 1.29. The van der Waals surface area contributed by atoms with E-state index < -0.39 is 0 Å². The van der Waals surface area contributed by atoms with Crippen molar-refractivity contribution < 1.29 is 9.59 Å². The molecule has 0 aliphatic carbocycles. The predicted molar refractivity (Wildman–Crippen MR) is 133 cm³/mol. The predicted octanol–water partition coefficient (Wildman–Crippen LogP) is 2.90. The molecule has 1 N–H and O–H groups in total. The van der Waals surface area contributed by atoms with Gasteiger partial charge in [-0.1, -0.05) is 6.07 Å². The number of rotatable bonds is 5. The summed E-state index contributed by atoms with van der Waals surface area (Å²) in [5.74, 6) is 1.91. The third-order valence-electron chi connectivity index (χ3n) is 6.01. The number of carbonyl (C=O) groups is 2. The van der Waals surface area contributed by atoms with Gasteiger partial charge in [0.15, 0.2) is 0 Å². The lowest BCUT2D eigenvalue weighted by Crippen LogP contribution is -2.38. The number of nitrogens with one attached hydrogen (secondary N) is 1. The van der Waals surface area contributed by atoms with Gasteiger partial charge >= 0.3 is 0 Å². The van der Waals surface area contributed by atoms with Crippen molar-refractivity contribution >= 4 is 35.0 Å². The molecular formula is C25H29N5O2S. The van der Waals surface area contributed by atoms with E-state index in [2.05, 4.69) is 21.2 Å². The molecule has 2 amide bonds. The first-order valence-corrected chi connectivity index (χ1v) is 12.5. The second kappa shape index (κ2) is 11.2. The lowest BCUT2D eigenvalue weighted by molar-refractivity contribution is -0.117. The highest BCUT2D eigenvalue weighted by Crippen LogP contribution is 2.18. The topological polar surface area (TPSA) is 79.7 Å². The van der Waals surface area contributed by atoms with Gasteiger partial charge in [0.2, 0.25) is 5.91 Å². The van der Waals surface area contributed by atoms with Crippen LogP contribution in [-0.2, 0) is 4.79 Å². The Kier molecular flexibility index (Phi) is 7.87. The summed E-state index contributed by atoms with van der Waals surface area (Å²) in [7, 11) is 0. The molecule has 4 rings (SSSR count). The van der Waals surface area contributed by atoms with Crippen LogP contribution in [0.4, 0.5) is 11.4 Å². The zero-order valence-electron chi connectivity index (χ0n) is 18.7. The van der Waals surface area contributed by atoms with E-state index >= 15 is 0 Å². The summed E-state index contributed by atoms with van der Waals surface area (Å²) in [6.45, 7) is 5.26. The van der Waals surface area contributed by atoms with Gasteiger partial charge in [-0.25, -0.2) is 0 Å². The molecule has 2 saturated heterocycles. The quantitative estimate of drug-likeness (QED) is 0.735. The number of nitriles is 1. The Morgan fingerprint density at radius 2 is 1.76 bits per heavy atom. The molecule has 0 radical (unpaired) electrons. The maximum Gasteiger partial charge on any atom is 0.253 e. The molecule has 2 fully saturated rings. The highest BCUT2D eigenvalue weighted by Gasteiger charge is 2.20. The van der Waals surface area contributed by atoms with Crippen molar-refractivity contribution in [1.29, 1.82) is 5.26 Å². The monoisotopic (exact) mass is 463 g/mol. The van der Waals surface area contributed by atoms with Gasteiger partial charge in [0.1, 0.15) is 0 Å². The first-order chi connectivity index (χ1) is 16.1. The summed E-state index contributed by atoms with van der Waals surface area (Å²) >= 11 is 1.87. The number of amides is 2. The van der Waals surface area contributed by atoms with Crippen LogP contribution in [0.15, 0.2) is 48.5 Å². The molecule has 8 heteroatoms. The Labute approximate surface area is 199 Å². The molecule has 2 heterocycles. The van der Waals surface area contributed by atoms with Gasteiger partial charge in [0.25, 0.3) is 5.91 Å². The van der Waals surface area contributed by atoms with E-state index in [0.29, 0.717) is 23.4 Å². The molecule has 0 unspecified atom stereocenters. The number of hydrogen-bond acceptors (Lipinski definition) is 6. The van der Waals surface area contributed by atoms with Crippen molar-refractivity contribution in [3.8, 4) is 6.07 Å². The molecule has 2 aromatic rings. The average Bonchev–Trinajstić information content (AvgIpc) is 3.10. The second-order valence-corrected chi connectivity index (χ2v) is 9.53. The van der Waals surface area contributed by atoms with Crippen molar-refractivity contribution in [3.63, 3.8) is 0 Å².